The Bertz CT molecular complexity index is 666. The van der Waals surface area contributed by atoms with Crippen molar-refractivity contribution in [2.24, 2.45) is 0 Å². The van der Waals surface area contributed by atoms with E-state index in [-0.39, 0.29) is 11.6 Å². The van der Waals surface area contributed by atoms with Crippen LogP contribution in [0.1, 0.15) is 18.4 Å². The number of nitrogens with zero attached hydrogens (tertiary/aromatic N) is 2. The molecule has 0 N–H and O–H groups in total. The number of alkyl halides is 3. The Labute approximate surface area is 132 Å². The third-order valence-corrected chi connectivity index (χ3v) is 4.76. The van der Waals surface area contributed by atoms with Crippen LogP contribution >= 0.6 is 0 Å². The van der Waals surface area contributed by atoms with Crippen LogP contribution in [0.25, 0.3) is 0 Å². The van der Waals surface area contributed by atoms with E-state index in [0.717, 1.165) is 47.7 Å². The molecule has 0 aliphatic carbocycles. The van der Waals surface area contributed by atoms with Crippen molar-refractivity contribution in [1.82, 2.24) is 4.90 Å². The first-order valence-corrected chi connectivity index (χ1v) is 8.86. The van der Waals surface area contributed by atoms with Gasteiger partial charge in [0.25, 0.3) is 0 Å². The van der Waals surface area contributed by atoms with Gasteiger partial charge in [-0.1, -0.05) is 0 Å². The van der Waals surface area contributed by atoms with Crippen molar-refractivity contribution in [2.75, 3.05) is 30.2 Å². The fraction of sp³-hybridized carbons (Fsp3) is 0.500. The monoisotopic (exact) mass is 350 g/mol. The molecule has 0 spiro atoms. The van der Waals surface area contributed by atoms with Gasteiger partial charge in [-0.2, -0.15) is 13.2 Å². The van der Waals surface area contributed by atoms with Gasteiger partial charge in [-0.3, -0.25) is 9.10 Å². The standard InChI is InChI=1S/C14H17F3N2O3S/c1-23(21,22)19(10-13(20)18-8-2-3-9-18)12-6-4-11(5-7-12)14(15,16)17/h4-7H,2-3,8-10H2,1H3. The van der Waals surface area contributed by atoms with Gasteiger partial charge in [-0.05, 0) is 37.1 Å². The van der Waals surface area contributed by atoms with E-state index in [9.17, 15) is 26.4 Å². The van der Waals surface area contributed by atoms with Crippen LogP contribution in [0.3, 0.4) is 0 Å². The number of halogens is 3. The Morgan fingerprint density at radius 3 is 2.13 bits per heavy atom. The molecule has 1 saturated heterocycles. The van der Waals surface area contributed by atoms with Gasteiger partial charge in [-0.15, -0.1) is 0 Å². The second kappa shape index (κ2) is 6.38. The molecule has 0 aromatic heterocycles. The molecule has 23 heavy (non-hydrogen) atoms. The minimum absolute atomic E-state index is 0.0352. The number of amides is 1. The number of hydrogen-bond acceptors (Lipinski definition) is 3. The van der Waals surface area contributed by atoms with Gasteiger partial charge in [0.2, 0.25) is 15.9 Å². The number of benzene rings is 1. The molecule has 9 heteroatoms. The fourth-order valence-corrected chi connectivity index (χ4v) is 3.26. The van der Waals surface area contributed by atoms with Gasteiger partial charge in [0.05, 0.1) is 17.5 Å². The van der Waals surface area contributed by atoms with Gasteiger partial charge in [0, 0.05) is 13.1 Å². The molecule has 2 rings (SSSR count). The van der Waals surface area contributed by atoms with Crippen molar-refractivity contribution in [1.29, 1.82) is 0 Å². The van der Waals surface area contributed by atoms with Crippen molar-refractivity contribution in [3.05, 3.63) is 29.8 Å². The Hall–Kier alpha value is -1.77. The minimum atomic E-state index is -4.50. The van der Waals surface area contributed by atoms with Crippen LogP contribution in [0, 0.1) is 0 Å². The first-order valence-electron chi connectivity index (χ1n) is 7.02. The fourth-order valence-electron chi connectivity index (χ4n) is 2.41. The smallest absolute Gasteiger partial charge is 0.341 e. The van der Waals surface area contributed by atoms with Crippen molar-refractivity contribution in [3.8, 4) is 0 Å². The van der Waals surface area contributed by atoms with Gasteiger partial charge in [0.15, 0.2) is 0 Å². The molecule has 0 unspecified atom stereocenters. The number of likely N-dealkylation sites (tertiary alicyclic amines) is 1. The lowest BCUT2D eigenvalue weighted by molar-refractivity contribution is -0.137. The van der Waals surface area contributed by atoms with Gasteiger partial charge in [-0.25, -0.2) is 8.42 Å². The third-order valence-electron chi connectivity index (χ3n) is 3.62. The number of carbonyl (C=O) groups is 1. The number of hydrogen-bond donors (Lipinski definition) is 0. The van der Waals surface area contributed by atoms with Crippen LogP contribution in [0.15, 0.2) is 24.3 Å². The summed E-state index contributed by atoms with van der Waals surface area (Å²) >= 11 is 0. The molecule has 0 radical (unpaired) electrons. The highest BCUT2D eigenvalue weighted by Crippen LogP contribution is 2.31. The zero-order chi connectivity index (χ0) is 17.3. The number of carbonyl (C=O) groups excluding carboxylic acids is 1. The van der Waals surface area contributed by atoms with E-state index in [1.165, 1.54) is 0 Å². The van der Waals surface area contributed by atoms with Crippen molar-refractivity contribution in [2.45, 2.75) is 19.0 Å². The molecule has 0 bridgehead atoms. The van der Waals surface area contributed by atoms with Crippen LogP contribution in [-0.4, -0.2) is 45.1 Å². The summed E-state index contributed by atoms with van der Waals surface area (Å²) in [4.78, 5) is 13.7. The lowest BCUT2D eigenvalue weighted by Crippen LogP contribution is -2.41. The molecule has 1 aliphatic rings. The average molecular weight is 350 g/mol. The molecule has 1 fully saturated rings. The van der Waals surface area contributed by atoms with E-state index in [2.05, 4.69) is 0 Å². The Morgan fingerprint density at radius 1 is 1.17 bits per heavy atom. The quantitative estimate of drug-likeness (QED) is 0.836. The Kier molecular flexibility index (Phi) is 4.88. The highest BCUT2D eigenvalue weighted by atomic mass is 32.2. The summed E-state index contributed by atoms with van der Waals surface area (Å²) in [6, 6.07) is 3.71. The molecular weight excluding hydrogens is 333 g/mol. The van der Waals surface area contributed by atoms with E-state index < -0.39 is 28.3 Å². The summed E-state index contributed by atoms with van der Waals surface area (Å²) in [5.41, 5.74) is -0.839. The van der Waals surface area contributed by atoms with E-state index >= 15 is 0 Å². The Morgan fingerprint density at radius 2 is 1.70 bits per heavy atom. The number of rotatable bonds is 4. The number of anilines is 1. The van der Waals surface area contributed by atoms with Crippen LogP contribution in [0.5, 0.6) is 0 Å². The maximum Gasteiger partial charge on any atom is 0.416 e. The molecule has 1 aromatic rings. The largest absolute Gasteiger partial charge is 0.416 e. The summed E-state index contributed by atoms with van der Waals surface area (Å²) in [5, 5.41) is 0. The molecule has 1 aliphatic heterocycles. The van der Waals surface area contributed by atoms with E-state index in [1.807, 2.05) is 0 Å². The lowest BCUT2D eigenvalue weighted by Gasteiger charge is -2.25. The summed E-state index contributed by atoms with van der Waals surface area (Å²) in [6.45, 7) is 0.733. The van der Waals surface area contributed by atoms with Crippen molar-refractivity contribution < 1.29 is 26.4 Å². The van der Waals surface area contributed by atoms with E-state index in [4.69, 9.17) is 0 Å². The van der Waals surface area contributed by atoms with Crippen molar-refractivity contribution >= 4 is 21.6 Å². The second-order valence-electron chi connectivity index (χ2n) is 5.40. The zero-order valence-electron chi connectivity index (χ0n) is 12.5. The molecular formula is C14H17F3N2O3S. The van der Waals surface area contributed by atoms with Gasteiger partial charge < -0.3 is 4.90 Å². The lowest BCUT2D eigenvalue weighted by atomic mass is 10.2. The highest BCUT2D eigenvalue weighted by molar-refractivity contribution is 7.92. The molecule has 1 heterocycles. The predicted molar refractivity (Wildman–Crippen MR) is 79.4 cm³/mol. The maximum absolute atomic E-state index is 12.6. The predicted octanol–water partition coefficient (Wildman–Crippen LogP) is 2.09. The normalized spacial score (nSPS) is 15.7. The van der Waals surface area contributed by atoms with Crippen LogP contribution in [-0.2, 0) is 21.0 Å². The minimum Gasteiger partial charge on any atom is -0.341 e. The first kappa shape index (κ1) is 17.6. The summed E-state index contributed by atoms with van der Waals surface area (Å²) in [6.07, 6.45) is -1.85. The zero-order valence-corrected chi connectivity index (χ0v) is 13.3. The molecule has 5 nitrogen and oxygen atoms in total. The SMILES string of the molecule is CS(=O)(=O)N(CC(=O)N1CCCC1)c1ccc(C(F)(F)F)cc1. The van der Waals surface area contributed by atoms with Crippen LogP contribution in [0.4, 0.5) is 18.9 Å². The van der Waals surface area contributed by atoms with E-state index in [0.29, 0.717) is 13.1 Å². The molecule has 0 saturated carbocycles. The van der Waals surface area contributed by atoms with E-state index in [1.54, 1.807) is 4.90 Å². The first-order chi connectivity index (χ1) is 10.6. The highest BCUT2D eigenvalue weighted by Gasteiger charge is 2.31. The Balaban J connectivity index is 2.23. The number of sulfonamides is 1. The molecule has 1 aromatic carbocycles. The topological polar surface area (TPSA) is 57.7 Å². The summed E-state index contributed by atoms with van der Waals surface area (Å²) < 4.78 is 62.4. The second-order valence-corrected chi connectivity index (χ2v) is 7.31. The summed E-state index contributed by atoms with van der Waals surface area (Å²) in [5.74, 6) is -0.354. The third kappa shape index (κ3) is 4.37. The van der Waals surface area contributed by atoms with Crippen LogP contribution in [0.2, 0.25) is 0 Å². The van der Waals surface area contributed by atoms with Crippen molar-refractivity contribution in [3.63, 3.8) is 0 Å². The maximum atomic E-state index is 12.6. The average Bonchev–Trinajstić information content (AvgIpc) is 2.96. The molecule has 0 atom stereocenters. The molecule has 128 valence electrons. The molecule has 1 amide bonds. The van der Waals surface area contributed by atoms with Gasteiger partial charge >= 0.3 is 6.18 Å². The summed E-state index contributed by atoms with van der Waals surface area (Å²) in [7, 11) is -3.79. The van der Waals surface area contributed by atoms with Gasteiger partial charge in [0.1, 0.15) is 6.54 Å². The van der Waals surface area contributed by atoms with Crippen LogP contribution < -0.4 is 4.31 Å².